The summed E-state index contributed by atoms with van der Waals surface area (Å²) < 4.78 is 25.4. The van der Waals surface area contributed by atoms with Crippen LogP contribution in [-0.4, -0.2) is 58.7 Å². The molecule has 1 fully saturated rings. The van der Waals surface area contributed by atoms with Crippen molar-refractivity contribution in [3.05, 3.63) is 72.6 Å². The molecule has 7 nitrogen and oxygen atoms in total. The van der Waals surface area contributed by atoms with Crippen molar-refractivity contribution in [1.29, 1.82) is 0 Å². The Morgan fingerprint density at radius 1 is 1.00 bits per heavy atom. The summed E-state index contributed by atoms with van der Waals surface area (Å²) in [5.74, 6) is 2.93. The van der Waals surface area contributed by atoms with Crippen LogP contribution in [0.15, 0.2) is 71.9 Å². The molecule has 4 aromatic rings. The number of nitrogens with one attached hydrogen (secondary N) is 1. The molecule has 2 aromatic heterocycles. The number of sulfone groups is 1. The number of rotatable bonds is 6. The Balaban J connectivity index is 1.34. The maximum absolute atomic E-state index is 11.7. The normalized spacial score (nSPS) is 15.1. The van der Waals surface area contributed by atoms with Gasteiger partial charge in [0.25, 0.3) is 0 Å². The quantitative estimate of drug-likeness (QED) is 0.446. The Morgan fingerprint density at radius 3 is 2.42 bits per heavy atom. The van der Waals surface area contributed by atoms with Gasteiger partial charge in [-0.15, -0.1) is 0 Å². The van der Waals surface area contributed by atoms with E-state index in [0.717, 1.165) is 42.0 Å². The molecule has 0 aliphatic carbocycles. The summed E-state index contributed by atoms with van der Waals surface area (Å²) in [7, 11) is -3.23. The fourth-order valence-corrected chi connectivity index (χ4v) is 5.49. The van der Waals surface area contributed by atoms with Crippen molar-refractivity contribution in [1.82, 2.24) is 19.4 Å². The van der Waals surface area contributed by atoms with E-state index in [4.69, 9.17) is 4.98 Å². The lowest BCUT2D eigenvalue weighted by Gasteiger charge is -2.26. The number of benzene rings is 2. The van der Waals surface area contributed by atoms with Gasteiger partial charge < -0.3 is 9.88 Å². The second-order valence-corrected chi connectivity index (χ2v) is 11.4. The van der Waals surface area contributed by atoms with E-state index >= 15 is 0 Å². The van der Waals surface area contributed by atoms with Crippen LogP contribution in [0.3, 0.4) is 0 Å². The molecule has 0 unspecified atom stereocenters. The fourth-order valence-electron chi connectivity index (χ4n) is 3.88. The second kappa shape index (κ2) is 9.17. The Morgan fingerprint density at radius 2 is 1.73 bits per heavy atom. The highest BCUT2D eigenvalue weighted by Gasteiger charge is 2.12. The topological polar surface area (TPSA) is 80.1 Å². The summed E-state index contributed by atoms with van der Waals surface area (Å²) in [4.78, 5) is 11.9. The van der Waals surface area contributed by atoms with Gasteiger partial charge in [0.1, 0.15) is 5.65 Å². The SMILES string of the molecule is CS(=O)(=O)c1ccc(-n2ccc3cnc(Nc4ccc(CN5CCSCC5)cc4)nc32)cc1. The number of nitrogens with zero attached hydrogens (tertiary/aromatic N) is 4. The molecule has 3 heterocycles. The van der Waals surface area contributed by atoms with Crippen molar-refractivity contribution in [2.75, 3.05) is 36.2 Å². The molecule has 0 atom stereocenters. The first-order chi connectivity index (χ1) is 16.0. The first-order valence-electron chi connectivity index (χ1n) is 10.8. The molecule has 33 heavy (non-hydrogen) atoms. The highest BCUT2D eigenvalue weighted by molar-refractivity contribution is 7.99. The van der Waals surface area contributed by atoms with E-state index in [1.165, 1.54) is 23.3 Å². The maximum atomic E-state index is 11.7. The molecule has 1 saturated heterocycles. The first kappa shape index (κ1) is 21.9. The fraction of sp³-hybridized carbons (Fsp3) is 0.250. The number of hydrogen-bond acceptors (Lipinski definition) is 7. The van der Waals surface area contributed by atoms with Gasteiger partial charge in [0.15, 0.2) is 9.84 Å². The van der Waals surface area contributed by atoms with Crippen molar-refractivity contribution in [3.8, 4) is 5.69 Å². The molecule has 0 spiro atoms. The Labute approximate surface area is 197 Å². The molecular weight excluding hydrogens is 454 g/mol. The Kier molecular flexibility index (Phi) is 6.09. The summed E-state index contributed by atoms with van der Waals surface area (Å²) >= 11 is 2.02. The molecule has 0 saturated carbocycles. The van der Waals surface area contributed by atoms with Crippen LogP contribution in [0.4, 0.5) is 11.6 Å². The predicted molar refractivity (Wildman–Crippen MR) is 134 cm³/mol. The van der Waals surface area contributed by atoms with Crippen LogP contribution in [0.5, 0.6) is 0 Å². The van der Waals surface area contributed by atoms with Gasteiger partial charge in [-0.1, -0.05) is 12.1 Å². The summed E-state index contributed by atoms with van der Waals surface area (Å²) in [6, 6.07) is 17.1. The molecule has 0 radical (unpaired) electrons. The predicted octanol–water partition coefficient (Wildman–Crippen LogP) is 4.12. The van der Waals surface area contributed by atoms with Gasteiger partial charge in [-0.2, -0.15) is 16.7 Å². The van der Waals surface area contributed by atoms with Crippen molar-refractivity contribution in [2.45, 2.75) is 11.4 Å². The van der Waals surface area contributed by atoms with Crippen molar-refractivity contribution in [2.24, 2.45) is 0 Å². The maximum Gasteiger partial charge on any atom is 0.229 e. The second-order valence-electron chi connectivity index (χ2n) is 8.13. The lowest BCUT2D eigenvalue weighted by molar-refractivity contribution is 0.294. The molecule has 1 N–H and O–H groups in total. The Hall–Kier alpha value is -2.88. The van der Waals surface area contributed by atoms with E-state index in [9.17, 15) is 8.42 Å². The van der Waals surface area contributed by atoms with Crippen LogP contribution >= 0.6 is 11.8 Å². The highest BCUT2D eigenvalue weighted by atomic mass is 32.2. The average Bonchev–Trinajstić information content (AvgIpc) is 3.24. The van der Waals surface area contributed by atoms with Gasteiger partial charge in [0.2, 0.25) is 5.95 Å². The van der Waals surface area contributed by atoms with Gasteiger partial charge >= 0.3 is 0 Å². The minimum atomic E-state index is -3.23. The lowest BCUT2D eigenvalue weighted by atomic mass is 10.2. The van der Waals surface area contributed by atoms with E-state index in [0.29, 0.717) is 10.8 Å². The molecule has 1 aliphatic rings. The van der Waals surface area contributed by atoms with E-state index in [2.05, 4.69) is 39.5 Å². The van der Waals surface area contributed by atoms with Crippen LogP contribution in [0.25, 0.3) is 16.7 Å². The van der Waals surface area contributed by atoms with Gasteiger partial charge in [0, 0.05) is 66.6 Å². The van der Waals surface area contributed by atoms with Crippen LogP contribution < -0.4 is 5.32 Å². The van der Waals surface area contributed by atoms with Gasteiger partial charge in [-0.25, -0.2) is 13.4 Å². The van der Waals surface area contributed by atoms with Crippen LogP contribution in [0.2, 0.25) is 0 Å². The zero-order valence-electron chi connectivity index (χ0n) is 18.3. The highest BCUT2D eigenvalue weighted by Crippen LogP contribution is 2.23. The van der Waals surface area contributed by atoms with Crippen molar-refractivity contribution < 1.29 is 8.42 Å². The van der Waals surface area contributed by atoms with Gasteiger partial charge in [-0.05, 0) is 48.0 Å². The van der Waals surface area contributed by atoms with Crippen LogP contribution in [0, 0.1) is 0 Å². The number of thioether (sulfide) groups is 1. The van der Waals surface area contributed by atoms with Gasteiger partial charge in [-0.3, -0.25) is 4.90 Å². The average molecular weight is 480 g/mol. The minimum absolute atomic E-state index is 0.294. The molecular formula is C24H25N5O2S2. The van der Waals surface area contributed by atoms with E-state index in [1.54, 1.807) is 30.5 Å². The molecule has 9 heteroatoms. The Bertz CT molecular complexity index is 1360. The molecule has 0 bridgehead atoms. The van der Waals surface area contributed by atoms with Crippen molar-refractivity contribution >= 4 is 44.3 Å². The van der Waals surface area contributed by atoms with E-state index in [1.807, 2.05) is 28.6 Å². The summed E-state index contributed by atoms with van der Waals surface area (Å²) in [5, 5.41) is 4.20. The van der Waals surface area contributed by atoms with Crippen molar-refractivity contribution in [3.63, 3.8) is 0 Å². The summed E-state index contributed by atoms with van der Waals surface area (Å²) in [5.41, 5.74) is 3.82. The standard InChI is InChI=1S/C24H25N5O2S2/c1-33(30,31)22-8-6-21(7-9-22)29-11-10-19-16-25-24(27-23(19)29)26-20-4-2-18(3-5-20)17-28-12-14-32-15-13-28/h2-11,16H,12-15,17H2,1H3,(H,25,26,27). The third kappa shape index (κ3) is 5.05. The number of fused-ring (bicyclic) bond motifs is 1. The monoisotopic (exact) mass is 479 g/mol. The molecule has 0 amide bonds. The number of hydrogen-bond donors (Lipinski definition) is 1. The lowest BCUT2D eigenvalue weighted by Crippen LogP contribution is -2.31. The third-order valence-electron chi connectivity index (χ3n) is 5.69. The zero-order chi connectivity index (χ0) is 22.8. The van der Waals surface area contributed by atoms with Crippen LogP contribution in [0.1, 0.15) is 5.56 Å². The molecule has 2 aromatic carbocycles. The number of aromatic nitrogens is 3. The van der Waals surface area contributed by atoms with Gasteiger partial charge in [0.05, 0.1) is 4.90 Å². The minimum Gasteiger partial charge on any atom is -0.324 e. The number of anilines is 2. The van der Waals surface area contributed by atoms with E-state index in [-0.39, 0.29) is 0 Å². The smallest absolute Gasteiger partial charge is 0.229 e. The molecule has 5 rings (SSSR count). The third-order valence-corrected chi connectivity index (χ3v) is 7.76. The van der Waals surface area contributed by atoms with Crippen LogP contribution in [-0.2, 0) is 16.4 Å². The van der Waals surface area contributed by atoms with E-state index < -0.39 is 9.84 Å². The largest absolute Gasteiger partial charge is 0.324 e. The molecule has 170 valence electrons. The first-order valence-corrected chi connectivity index (χ1v) is 13.8. The summed E-state index contributed by atoms with van der Waals surface area (Å²) in [6.45, 7) is 3.28. The zero-order valence-corrected chi connectivity index (χ0v) is 19.9. The molecule has 1 aliphatic heterocycles. The summed E-state index contributed by atoms with van der Waals surface area (Å²) in [6.07, 6.45) is 4.90.